The van der Waals surface area contributed by atoms with E-state index < -0.39 is 0 Å². The van der Waals surface area contributed by atoms with E-state index in [1.165, 1.54) is 30.4 Å². The van der Waals surface area contributed by atoms with E-state index in [2.05, 4.69) is 81.4 Å². The molecule has 3 aromatic carbocycles. The highest BCUT2D eigenvalue weighted by molar-refractivity contribution is 5.96. The smallest absolute Gasteiger partial charge is 0.163 e. The Balaban J connectivity index is 0.000000234. The highest BCUT2D eigenvalue weighted by atomic mass is 16.5. The van der Waals surface area contributed by atoms with Gasteiger partial charge < -0.3 is 4.74 Å². The average molecular weight is 445 g/mol. The molecule has 2 nitrogen and oxygen atoms in total. The molecule has 0 heterocycles. The molecule has 0 unspecified atom stereocenters. The molecule has 176 valence electrons. The van der Waals surface area contributed by atoms with Crippen molar-refractivity contribution in [2.75, 3.05) is 7.11 Å². The molecule has 33 heavy (non-hydrogen) atoms. The third-order valence-electron chi connectivity index (χ3n) is 6.27. The number of rotatable bonds is 11. The van der Waals surface area contributed by atoms with Crippen LogP contribution in [-0.4, -0.2) is 12.9 Å². The molecule has 0 saturated carbocycles. The quantitative estimate of drug-likeness (QED) is 0.276. The lowest BCUT2D eigenvalue weighted by Gasteiger charge is -2.17. The van der Waals surface area contributed by atoms with Crippen LogP contribution in [0.2, 0.25) is 0 Å². The zero-order valence-corrected chi connectivity index (χ0v) is 20.8. The van der Waals surface area contributed by atoms with Crippen molar-refractivity contribution in [2.24, 2.45) is 5.92 Å². The lowest BCUT2D eigenvalue weighted by atomic mass is 9.87. The first-order valence-corrected chi connectivity index (χ1v) is 12.4. The van der Waals surface area contributed by atoms with E-state index in [0.29, 0.717) is 18.3 Å². The van der Waals surface area contributed by atoms with E-state index in [-0.39, 0.29) is 5.78 Å². The summed E-state index contributed by atoms with van der Waals surface area (Å²) in [6, 6.07) is 29.1. The number of Topliss-reactive ketones (excluding diaryl/α,β-unsaturated/α-hetero) is 1. The van der Waals surface area contributed by atoms with Crippen LogP contribution in [0.5, 0.6) is 5.75 Å². The fourth-order valence-corrected chi connectivity index (χ4v) is 4.06. The number of carbonyl (C=O) groups is 1. The highest BCUT2D eigenvalue weighted by Gasteiger charge is 2.13. The van der Waals surface area contributed by atoms with Crippen molar-refractivity contribution < 1.29 is 9.53 Å². The van der Waals surface area contributed by atoms with Crippen LogP contribution in [0.1, 0.15) is 86.7 Å². The monoisotopic (exact) mass is 444 g/mol. The number of benzene rings is 3. The summed E-state index contributed by atoms with van der Waals surface area (Å²) in [5.41, 5.74) is 3.63. The van der Waals surface area contributed by atoms with E-state index in [0.717, 1.165) is 24.2 Å². The van der Waals surface area contributed by atoms with Crippen molar-refractivity contribution in [3.8, 4) is 5.75 Å². The van der Waals surface area contributed by atoms with Gasteiger partial charge in [0.1, 0.15) is 5.75 Å². The minimum Gasteiger partial charge on any atom is -0.497 e. The van der Waals surface area contributed by atoms with Gasteiger partial charge in [-0.25, -0.2) is 0 Å². The average Bonchev–Trinajstić information content (AvgIpc) is 2.89. The zero-order valence-electron chi connectivity index (χ0n) is 20.8. The molecule has 0 atom stereocenters. The maximum Gasteiger partial charge on any atom is 0.163 e. The van der Waals surface area contributed by atoms with Crippen molar-refractivity contribution in [1.82, 2.24) is 0 Å². The molecule has 0 aliphatic rings. The second-order valence-corrected chi connectivity index (χ2v) is 8.56. The Labute approximate surface area is 201 Å². The number of ketones is 1. The molecule has 0 saturated heterocycles. The lowest BCUT2D eigenvalue weighted by Crippen LogP contribution is -2.07. The molecule has 0 aliphatic carbocycles. The zero-order chi connectivity index (χ0) is 23.9. The fraction of sp³-hybridized carbons (Fsp3) is 0.387. The van der Waals surface area contributed by atoms with Gasteiger partial charge in [0.25, 0.3) is 0 Å². The molecule has 2 heteroatoms. The van der Waals surface area contributed by atoms with Crippen LogP contribution in [0.15, 0.2) is 84.9 Å². The molecule has 0 radical (unpaired) electrons. The molecule has 0 aliphatic heterocycles. The maximum absolute atomic E-state index is 12.0. The van der Waals surface area contributed by atoms with Crippen LogP contribution < -0.4 is 4.74 Å². The molecule has 3 aromatic rings. The van der Waals surface area contributed by atoms with Gasteiger partial charge in [-0.15, -0.1) is 0 Å². The minimum atomic E-state index is 0.215. The second-order valence-electron chi connectivity index (χ2n) is 8.56. The first kappa shape index (κ1) is 26.4. The molecule has 0 aromatic heterocycles. The van der Waals surface area contributed by atoms with Crippen LogP contribution in [0.25, 0.3) is 0 Å². The van der Waals surface area contributed by atoms with Crippen LogP contribution in [-0.2, 0) is 0 Å². The first-order chi connectivity index (χ1) is 16.1. The highest BCUT2D eigenvalue weighted by Crippen LogP contribution is 2.29. The van der Waals surface area contributed by atoms with Crippen LogP contribution >= 0.6 is 0 Å². The third-order valence-corrected chi connectivity index (χ3v) is 6.27. The third kappa shape index (κ3) is 8.88. The van der Waals surface area contributed by atoms with Crippen molar-refractivity contribution in [3.05, 3.63) is 102 Å². The van der Waals surface area contributed by atoms with E-state index in [1.807, 2.05) is 24.3 Å². The predicted octanol–water partition coefficient (Wildman–Crippen LogP) is 8.71. The summed E-state index contributed by atoms with van der Waals surface area (Å²) in [6.07, 6.45) is 6.55. The largest absolute Gasteiger partial charge is 0.497 e. The molecule has 0 spiro atoms. The molecular formula is C31H40O2. The van der Waals surface area contributed by atoms with Gasteiger partial charge in [0.2, 0.25) is 0 Å². The van der Waals surface area contributed by atoms with E-state index in [4.69, 9.17) is 4.74 Å². The molecular weight excluding hydrogens is 404 g/mol. The van der Waals surface area contributed by atoms with E-state index in [1.54, 1.807) is 7.11 Å². The Bertz CT molecular complexity index is 874. The number of ether oxygens (including phenoxy) is 1. The van der Waals surface area contributed by atoms with Crippen LogP contribution in [0.3, 0.4) is 0 Å². The molecule has 0 N–H and O–H groups in total. The summed E-state index contributed by atoms with van der Waals surface area (Å²) in [7, 11) is 1.62. The van der Waals surface area contributed by atoms with Gasteiger partial charge in [-0.3, -0.25) is 4.79 Å². The van der Waals surface area contributed by atoms with Crippen LogP contribution in [0, 0.1) is 5.92 Å². The van der Waals surface area contributed by atoms with Gasteiger partial charge in [-0.2, -0.15) is 0 Å². The van der Waals surface area contributed by atoms with Gasteiger partial charge in [0, 0.05) is 17.9 Å². The molecule has 0 amide bonds. The summed E-state index contributed by atoms with van der Waals surface area (Å²) in [5.74, 6) is 2.01. The Morgan fingerprint density at radius 1 is 0.788 bits per heavy atom. The Kier molecular flexibility index (Phi) is 12.0. The maximum atomic E-state index is 12.0. The predicted molar refractivity (Wildman–Crippen MR) is 140 cm³/mol. The SMILES string of the molecule is CCC(CC)CC(=O)c1cccc(OC)c1.CCCCC(c1ccccc1)c1ccccc1. The normalized spacial score (nSPS) is 10.6. The van der Waals surface area contributed by atoms with Gasteiger partial charge in [-0.1, -0.05) is 119 Å². The van der Waals surface area contributed by atoms with Gasteiger partial charge >= 0.3 is 0 Å². The van der Waals surface area contributed by atoms with Gasteiger partial charge in [-0.05, 0) is 35.6 Å². The van der Waals surface area contributed by atoms with Crippen LogP contribution in [0.4, 0.5) is 0 Å². The summed E-state index contributed by atoms with van der Waals surface area (Å²) < 4.78 is 5.11. The molecule has 0 fully saturated rings. The first-order valence-electron chi connectivity index (χ1n) is 12.4. The number of unbranched alkanes of at least 4 members (excludes halogenated alkanes) is 1. The number of hydrogen-bond donors (Lipinski definition) is 0. The second kappa shape index (κ2) is 15.1. The topological polar surface area (TPSA) is 26.3 Å². The van der Waals surface area contributed by atoms with Gasteiger partial charge in [0.05, 0.1) is 7.11 Å². The summed E-state index contributed by atoms with van der Waals surface area (Å²) >= 11 is 0. The van der Waals surface area contributed by atoms with Crippen molar-refractivity contribution >= 4 is 5.78 Å². The van der Waals surface area contributed by atoms with Gasteiger partial charge in [0.15, 0.2) is 5.78 Å². The van der Waals surface area contributed by atoms with Crippen molar-refractivity contribution in [2.45, 2.75) is 65.2 Å². The Hall–Kier alpha value is -2.87. The number of methoxy groups -OCH3 is 1. The number of carbonyl (C=O) groups excluding carboxylic acids is 1. The molecule has 0 bridgehead atoms. The Morgan fingerprint density at radius 3 is 1.85 bits per heavy atom. The number of hydrogen-bond acceptors (Lipinski definition) is 2. The summed E-state index contributed by atoms with van der Waals surface area (Å²) in [4.78, 5) is 12.0. The lowest BCUT2D eigenvalue weighted by molar-refractivity contribution is 0.0958. The molecule has 3 rings (SSSR count). The van der Waals surface area contributed by atoms with E-state index >= 15 is 0 Å². The van der Waals surface area contributed by atoms with E-state index in [9.17, 15) is 4.79 Å². The summed E-state index contributed by atoms with van der Waals surface area (Å²) in [6.45, 7) is 6.52. The van der Waals surface area contributed by atoms with Crippen molar-refractivity contribution in [3.63, 3.8) is 0 Å². The Morgan fingerprint density at radius 2 is 1.36 bits per heavy atom. The fourth-order valence-electron chi connectivity index (χ4n) is 4.06. The van der Waals surface area contributed by atoms with Crippen molar-refractivity contribution in [1.29, 1.82) is 0 Å². The summed E-state index contributed by atoms with van der Waals surface area (Å²) in [5, 5.41) is 0. The standard InChI is InChI=1S/C17H20.C14H20O2/c1-2-3-14-17(15-10-6-4-7-11-15)16-12-8-5-9-13-16;1-4-11(5-2)9-14(15)12-7-6-8-13(10-12)16-3/h4-13,17H,2-3,14H2,1H3;6-8,10-11H,4-5,9H2,1-3H3. The minimum absolute atomic E-state index is 0.215.